The molecule has 1 heterocycles. The Morgan fingerprint density at radius 2 is 1.75 bits per heavy atom. The van der Waals surface area contributed by atoms with Gasteiger partial charge in [0, 0.05) is 22.2 Å². The molecule has 220 valence electrons. The average molecular weight is 589 g/mol. The van der Waals surface area contributed by atoms with Crippen LogP contribution < -0.4 is 10.6 Å². The molecule has 2 N–H and O–H groups in total. The minimum atomic E-state index is -0.489. The SMILES string of the molecule is CCC(C)(C)C1CCC2(CC1)NC(c1cc(Cl)cc(Cl)c1)C(=O)N2C(C)C1=CC=C(C(=O)NCCC(C)C)CC1. The maximum atomic E-state index is 14.2. The molecule has 1 aromatic carbocycles. The second-order valence-corrected chi connectivity index (χ2v) is 14.1. The van der Waals surface area contributed by atoms with Crippen LogP contribution in [0.4, 0.5) is 0 Å². The lowest BCUT2D eigenvalue weighted by molar-refractivity contribution is -0.135. The van der Waals surface area contributed by atoms with Gasteiger partial charge in [-0.25, -0.2) is 0 Å². The minimum Gasteiger partial charge on any atom is -0.352 e. The van der Waals surface area contributed by atoms with Gasteiger partial charge in [0.1, 0.15) is 6.04 Å². The fourth-order valence-electron chi connectivity index (χ4n) is 6.77. The highest BCUT2D eigenvalue weighted by atomic mass is 35.5. The van der Waals surface area contributed by atoms with Crippen LogP contribution in [0.1, 0.15) is 105 Å². The second-order valence-electron chi connectivity index (χ2n) is 13.2. The Morgan fingerprint density at radius 1 is 1.10 bits per heavy atom. The molecule has 2 fully saturated rings. The lowest BCUT2D eigenvalue weighted by Crippen LogP contribution is -2.58. The van der Waals surface area contributed by atoms with Gasteiger partial charge in [0.05, 0.1) is 11.7 Å². The van der Waals surface area contributed by atoms with Gasteiger partial charge >= 0.3 is 0 Å². The van der Waals surface area contributed by atoms with E-state index in [2.05, 4.69) is 63.2 Å². The highest BCUT2D eigenvalue weighted by Gasteiger charge is 2.54. The highest BCUT2D eigenvalue weighted by molar-refractivity contribution is 6.34. The molecule has 4 rings (SSSR count). The Labute approximate surface area is 251 Å². The van der Waals surface area contributed by atoms with Crippen molar-refractivity contribution in [2.75, 3.05) is 6.54 Å². The van der Waals surface area contributed by atoms with E-state index in [9.17, 15) is 9.59 Å². The molecule has 2 amide bonds. The Bertz CT molecular complexity index is 1140. The lowest BCUT2D eigenvalue weighted by atomic mass is 9.67. The maximum Gasteiger partial charge on any atom is 0.247 e. The zero-order chi connectivity index (χ0) is 29.2. The van der Waals surface area contributed by atoms with Gasteiger partial charge in [-0.1, -0.05) is 76.4 Å². The number of rotatable bonds is 9. The zero-order valence-electron chi connectivity index (χ0n) is 25.1. The first-order chi connectivity index (χ1) is 18.9. The second kappa shape index (κ2) is 12.6. The summed E-state index contributed by atoms with van der Waals surface area (Å²) in [5.74, 6) is 1.28. The van der Waals surface area contributed by atoms with Gasteiger partial charge in [0.25, 0.3) is 0 Å². The van der Waals surface area contributed by atoms with E-state index in [1.807, 2.05) is 18.2 Å². The fraction of sp³-hybridized carbons (Fsp3) is 0.636. The number of nitrogens with one attached hydrogen (secondary N) is 2. The number of halogens is 2. The first-order valence-corrected chi connectivity index (χ1v) is 15.9. The van der Waals surface area contributed by atoms with Gasteiger partial charge in [0.2, 0.25) is 11.8 Å². The fourth-order valence-corrected chi connectivity index (χ4v) is 7.32. The molecule has 1 spiro atoms. The van der Waals surface area contributed by atoms with Gasteiger partial charge < -0.3 is 10.2 Å². The number of hydrogen-bond donors (Lipinski definition) is 2. The van der Waals surface area contributed by atoms with Crippen LogP contribution in [0.5, 0.6) is 0 Å². The molecule has 2 unspecified atom stereocenters. The number of carbonyl (C=O) groups is 2. The Morgan fingerprint density at radius 3 is 2.30 bits per heavy atom. The van der Waals surface area contributed by atoms with Crippen molar-refractivity contribution in [2.45, 2.75) is 111 Å². The molecule has 5 nitrogen and oxygen atoms in total. The summed E-state index contributed by atoms with van der Waals surface area (Å²) in [4.78, 5) is 29.1. The van der Waals surface area contributed by atoms with Crippen LogP contribution in [0.3, 0.4) is 0 Å². The third-order valence-corrected chi connectivity index (χ3v) is 10.2. The third-order valence-electron chi connectivity index (χ3n) is 9.81. The van der Waals surface area contributed by atoms with Gasteiger partial charge in [-0.05, 0) is 98.5 Å². The first-order valence-electron chi connectivity index (χ1n) is 15.1. The summed E-state index contributed by atoms with van der Waals surface area (Å²) in [5, 5.41) is 7.92. The number of carbonyl (C=O) groups excluding carboxylic acids is 2. The lowest BCUT2D eigenvalue weighted by Gasteiger charge is -2.49. The molecule has 2 atom stereocenters. The number of amides is 2. The Balaban J connectivity index is 1.59. The molecule has 0 aromatic heterocycles. The number of hydrogen-bond acceptors (Lipinski definition) is 3. The van der Waals surface area contributed by atoms with Crippen molar-refractivity contribution in [1.82, 2.24) is 15.5 Å². The summed E-state index contributed by atoms with van der Waals surface area (Å²) in [7, 11) is 0. The molecular formula is C33H47Cl2N3O2. The predicted molar refractivity (Wildman–Crippen MR) is 165 cm³/mol. The van der Waals surface area contributed by atoms with E-state index in [0.29, 0.717) is 34.8 Å². The molecule has 1 saturated heterocycles. The molecule has 3 aliphatic rings. The van der Waals surface area contributed by atoms with Crippen molar-refractivity contribution < 1.29 is 9.59 Å². The zero-order valence-corrected chi connectivity index (χ0v) is 26.6. The molecule has 40 heavy (non-hydrogen) atoms. The molecule has 7 heteroatoms. The van der Waals surface area contributed by atoms with Crippen LogP contribution in [-0.2, 0) is 9.59 Å². The summed E-state index contributed by atoms with van der Waals surface area (Å²) in [6, 6.07) is 4.83. The van der Waals surface area contributed by atoms with E-state index in [1.54, 1.807) is 6.07 Å². The average Bonchev–Trinajstić information content (AvgIpc) is 3.19. The van der Waals surface area contributed by atoms with Crippen LogP contribution >= 0.6 is 23.2 Å². The smallest absolute Gasteiger partial charge is 0.247 e. The van der Waals surface area contributed by atoms with E-state index in [4.69, 9.17) is 23.2 Å². The molecule has 0 bridgehead atoms. The van der Waals surface area contributed by atoms with Crippen molar-refractivity contribution in [3.63, 3.8) is 0 Å². The summed E-state index contributed by atoms with van der Waals surface area (Å²) in [6.45, 7) is 14.2. The van der Waals surface area contributed by atoms with Crippen LogP contribution in [0, 0.1) is 17.3 Å². The van der Waals surface area contributed by atoms with Crippen molar-refractivity contribution in [3.8, 4) is 0 Å². The van der Waals surface area contributed by atoms with Crippen LogP contribution in [0.2, 0.25) is 10.0 Å². The number of allylic oxidation sites excluding steroid dienone is 2. The molecule has 1 aromatic rings. The molecule has 0 radical (unpaired) electrons. The quantitative estimate of drug-likeness (QED) is 0.308. The Hall–Kier alpha value is -1.82. The van der Waals surface area contributed by atoms with E-state index in [0.717, 1.165) is 56.1 Å². The van der Waals surface area contributed by atoms with Crippen molar-refractivity contribution >= 4 is 35.0 Å². The van der Waals surface area contributed by atoms with Crippen molar-refractivity contribution in [3.05, 3.63) is 57.1 Å². The van der Waals surface area contributed by atoms with E-state index in [-0.39, 0.29) is 23.3 Å². The third kappa shape index (κ3) is 6.63. The van der Waals surface area contributed by atoms with Crippen LogP contribution in [0.15, 0.2) is 41.5 Å². The summed E-state index contributed by atoms with van der Waals surface area (Å²) in [5.41, 5.74) is 2.67. The van der Waals surface area contributed by atoms with Gasteiger partial charge in [-0.15, -0.1) is 0 Å². The minimum absolute atomic E-state index is 0.0220. The van der Waals surface area contributed by atoms with Gasteiger partial charge in [0.15, 0.2) is 0 Å². The van der Waals surface area contributed by atoms with Crippen LogP contribution in [0.25, 0.3) is 0 Å². The van der Waals surface area contributed by atoms with E-state index in [1.165, 1.54) is 5.57 Å². The van der Waals surface area contributed by atoms with E-state index < -0.39 is 11.7 Å². The van der Waals surface area contributed by atoms with Gasteiger partial charge in [-0.2, -0.15) is 0 Å². The van der Waals surface area contributed by atoms with Crippen molar-refractivity contribution in [2.24, 2.45) is 17.3 Å². The highest BCUT2D eigenvalue weighted by Crippen LogP contribution is 2.49. The summed E-state index contributed by atoms with van der Waals surface area (Å²) < 4.78 is 0. The molecular weight excluding hydrogens is 541 g/mol. The molecule has 1 saturated carbocycles. The number of nitrogens with zero attached hydrogens (tertiary/aromatic N) is 1. The number of benzene rings is 1. The predicted octanol–water partition coefficient (Wildman–Crippen LogP) is 7.99. The monoisotopic (exact) mass is 587 g/mol. The summed E-state index contributed by atoms with van der Waals surface area (Å²) >= 11 is 12.7. The normalized spacial score (nSPS) is 26.2. The molecule has 1 aliphatic heterocycles. The van der Waals surface area contributed by atoms with E-state index >= 15 is 0 Å². The largest absolute Gasteiger partial charge is 0.352 e. The van der Waals surface area contributed by atoms with Crippen molar-refractivity contribution in [1.29, 1.82) is 0 Å². The summed E-state index contributed by atoms with van der Waals surface area (Å²) in [6.07, 6.45) is 11.6. The maximum absolute atomic E-state index is 14.2. The Kier molecular flexibility index (Phi) is 9.79. The topological polar surface area (TPSA) is 61.4 Å². The first kappa shape index (κ1) is 31.1. The van der Waals surface area contributed by atoms with Gasteiger partial charge in [-0.3, -0.25) is 14.9 Å². The standard InChI is InChI=1S/C33H47Cl2N3O2/c1-7-32(5,6)26-12-15-33(16-13-26)37-29(25-18-27(34)20-28(35)19-25)31(40)38(33)22(4)23-8-10-24(11-9-23)30(39)36-17-14-21(2)3/h8,10,18-22,26,29,37H,7,9,11-17H2,1-6H3,(H,36,39). The molecule has 2 aliphatic carbocycles. The van der Waals surface area contributed by atoms with Crippen LogP contribution in [-0.4, -0.2) is 35.0 Å².